The van der Waals surface area contributed by atoms with Crippen LogP contribution in [-0.4, -0.2) is 16.4 Å². The van der Waals surface area contributed by atoms with E-state index >= 15 is 0 Å². The van der Waals surface area contributed by atoms with Crippen molar-refractivity contribution in [2.24, 2.45) is 0 Å². The first kappa shape index (κ1) is 9.85. The molecule has 0 amide bonds. The topological polar surface area (TPSA) is 26.3 Å². The van der Waals surface area contributed by atoms with Crippen LogP contribution in [0.4, 0.5) is 0 Å². The normalized spacial score (nSPS) is 21.3. The van der Waals surface area contributed by atoms with Crippen LogP contribution >= 0.6 is 11.6 Å². The molecule has 1 aliphatic carbocycles. The predicted molar refractivity (Wildman–Crippen MR) is 48.3 cm³/mol. The first-order chi connectivity index (χ1) is 5.33. The molecule has 70 valence electrons. The van der Waals surface area contributed by atoms with Crippen LogP contribution in [0.1, 0.15) is 40.0 Å². The van der Waals surface area contributed by atoms with Gasteiger partial charge < -0.3 is 4.74 Å². The van der Waals surface area contributed by atoms with Gasteiger partial charge in [-0.25, -0.2) is 0 Å². The summed E-state index contributed by atoms with van der Waals surface area (Å²) in [5, 5.41) is 0. The largest absolute Gasteiger partial charge is 0.459 e. The summed E-state index contributed by atoms with van der Waals surface area (Å²) in [6, 6.07) is 0. The molecule has 0 N–H and O–H groups in total. The summed E-state index contributed by atoms with van der Waals surface area (Å²) in [5.41, 5.74) is -0.422. The Bertz CT molecular complexity index is 189. The number of alkyl halides is 1. The first-order valence-corrected chi connectivity index (χ1v) is 4.64. The van der Waals surface area contributed by atoms with Crippen molar-refractivity contribution in [3.63, 3.8) is 0 Å². The average molecular weight is 191 g/mol. The molecule has 3 heteroatoms. The van der Waals surface area contributed by atoms with Gasteiger partial charge in [0, 0.05) is 0 Å². The first-order valence-electron chi connectivity index (χ1n) is 4.26. The summed E-state index contributed by atoms with van der Waals surface area (Å²) >= 11 is 5.99. The number of carbonyl (C=O) groups is 1. The third-order valence-corrected chi connectivity index (χ3v) is 2.44. The van der Waals surface area contributed by atoms with E-state index in [1.807, 2.05) is 20.8 Å². The zero-order valence-corrected chi connectivity index (χ0v) is 8.57. The van der Waals surface area contributed by atoms with Gasteiger partial charge in [-0.15, -0.1) is 11.6 Å². The Hall–Kier alpha value is -0.240. The van der Waals surface area contributed by atoms with E-state index in [2.05, 4.69) is 0 Å². The van der Waals surface area contributed by atoms with Gasteiger partial charge in [-0.3, -0.25) is 4.79 Å². The standard InChI is InChI=1S/C9H15ClO2/c1-8(2,3)12-7(11)9(10)5-4-6-9/h4-6H2,1-3H3. The molecule has 1 rings (SSSR count). The Labute approximate surface area is 78.2 Å². The third kappa shape index (κ3) is 2.13. The van der Waals surface area contributed by atoms with E-state index in [1.165, 1.54) is 0 Å². The number of rotatable bonds is 1. The molecule has 0 radical (unpaired) electrons. The quantitative estimate of drug-likeness (QED) is 0.469. The molecule has 0 aliphatic heterocycles. The maximum Gasteiger partial charge on any atom is 0.327 e. The zero-order chi connectivity index (χ0) is 9.41. The Balaban J connectivity index is 2.49. The molecule has 12 heavy (non-hydrogen) atoms. The molecule has 2 nitrogen and oxygen atoms in total. The molecule has 0 spiro atoms. The molecule has 0 aromatic carbocycles. The lowest BCUT2D eigenvalue weighted by Crippen LogP contribution is -2.44. The van der Waals surface area contributed by atoms with Gasteiger partial charge in [0.1, 0.15) is 10.5 Å². The molecule has 0 unspecified atom stereocenters. The van der Waals surface area contributed by atoms with Crippen LogP contribution in [0.3, 0.4) is 0 Å². The molecule has 0 atom stereocenters. The van der Waals surface area contributed by atoms with Crippen LogP contribution in [-0.2, 0) is 9.53 Å². The minimum Gasteiger partial charge on any atom is -0.459 e. The van der Waals surface area contributed by atoms with Gasteiger partial charge >= 0.3 is 5.97 Å². The fourth-order valence-corrected chi connectivity index (χ4v) is 1.37. The summed E-state index contributed by atoms with van der Waals surface area (Å²) in [6.07, 6.45) is 2.54. The van der Waals surface area contributed by atoms with Gasteiger partial charge in [0.2, 0.25) is 0 Å². The monoisotopic (exact) mass is 190 g/mol. The second-order valence-corrected chi connectivity index (χ2v) is 5.04. The Morgan fingerprint density at radius 2 is 1.92 bits per heavy atom. The summed E-state index contributed by atoms with van der Waals surface area (Å²) in [7, 11) is 0. The lowest BCUT2D eigenvalue weighted by Gasteiger charge is -2.35. The highest BCUT2D eigenvalue weighted by atomic mass is 35.5. The van der Waals surface area contributed by atoms with Crippen molar-refractivity contribution in [3.8, 4) is 0 Å². The van der Waals surface area contributed by atoms with Gasteiger partial charge in [-0.2, -0.15) is 0 Å². The van der Waals surface area contributed by atoms with Gasteiger partial charge in [-0.1, -0.05) is 0 Å². The van der Waals surface area contributed by atoms with Crippen molar-refractivity contribution in [2.45, 2.75) is 50.5 Å². The highest BCUT2D eigenvalue weighted by Crippen LogP contribution is 2.40. The molecule has 1 fully saturated rings. The molecule has 1 saturated carbocycles. The van der Waals surface area contributed by atoms with E-state index in [0.29, 0.717) is 0 Å². The van der Waals surface area contributed by atoms with Gasteiger partial charge in [0.25, 0.3) is 0 Å². The number of carbonyl (C=O) groups excluding carboxylic acids is 1. The second-order valence-electron chi connectivity index (χ2n) is 4.32. The Kier molecular flexibility index (Phi) is 2.39. The minimum absolute atomic E-state index is 0.261. The molecular weight excluding hydrogens is 176 g/mol. The minimum atomic E-state index is -0.701. The van der Waals surface area contributed by atoms with E-state index in [0.717, 1.165) is 19.3 Å². The molecule has 0 aromatic heterocycles. The molecule has 0 saturated heterocycles. The number of hydrogen-bond acceptors (Lipinski definition) is 2. The number of ether oxygens (including phenoxy) is 1. The van der Waals surface area contributed by atoms with Crippen LogP contribution in [0.2, 0.25) is 0 Å². The summed E-state index contributed by atoms with van der Waals surface area (Å²) in [4.78, 5) is 10.7. The smallest absolute Gasteiger partial charge is 0.327 e. The fourth-order valence-electron chi connectivity index (χ4n) is 1.06. The van der Waals surface area contributed by atoms with Crippen molar-refractivity contribution in [3.05, 3.63) is 0 Å². The number of esters is 1. The summed E-state index contributed by atoms with van der Waals surface area (Å²) < 4.78 is 5.17. The molecule has 0 aromatic rings. The highest BCUT2D eigenvalue weighted by molar-refractivity contribution is 6.34. The van der Waals surface area contributed by atoms with Crippen LogP contribution < -0.4 is 0 Å². The van der Waals surface area contributed by atoms with Crippen LogP contribution in [0.15, 0.2) is 0 Å². The van der Waals surface area contributed by atoms with Crippen LogP contribution in [0, 0.1) is 0 Å². The molecular formula is C9H15ClO2. The SMILES string of the molecule is CC(C)(C)OC(=O)C1(Cl)CCC1. The van der Waals surface area contributed by atoms with Crippen molar-refractivity contribution in [1.82, 2.24) is 0 Å². The summed E-state index contributed by atoms with van der Waals surface area (Å²) in [6.45, 7) is 5.55. The van der Waals surface area contributed by atoms with E-state index in [9.17, 15) is 4.79 Å². The third-order valence-electron chi connectivity index (χ3n) is 1.91. The van der Waals surface area contributed by atoms with E-state index in [-0.39, 0.29) is 5.97 Å². The molecule has 1 aliphatic rings. The van der Waals surface area contributed by atoms with Crippen molar-refractivity contribution < 1.29 is 9.53 Å². The van der Waals surface area contributed by atoms with E-state index in [4.69, 9.17) is 16.3 Å². The lowest BCUT2D eigenvalue weighted by molar-refractivity contribution is -0.160. The van der Waals surface area contributed by atoms with Gasteiger partial charge in [0.15, 0.2) is 0 Å². The zero-order valence-electron chi connectivity index (χ0n) is 7.82. The van der Waals surface area contributed by atoms with Crippen LogP contribution in [0.25, 0.3) is 0 Å². The highest BCUT2D eigenvalue weighted by Gasteiger charge is 2.45. The van der Waals surface area contributed by atoms with Crippen molar-refractivity contribution >= 4 is 17.6 Å². The Morgan fingerprint density at radius 1 is 1.42 bits per heavy atom. The van der Waals surface area contributed by atoms with Gasteiger partial charge in [-0.05, 0) is 40.0 Å². The number of hydrogen-bond donors (Lipinski definition) is 0. The number of halogens is 1. The summed E-state index contributed by atoms with van der Waals surface area (Å²) in [5.74, 6) is -0.261. The van der Waals surface area contributed by atoms with Gasteiger partial charge in [0.05, 0.1) is 0 Å². The fraction of sp³-hybridized carbons (Fsp3) is 0.889. The van der Waals surface area contributed by atoms with Crippen LogP contribution in [0.5, 0.6) is 0 Å². The Morgan fingerprint density at radius 3 is 2.17 bits per heavy atom. The van der Waals surface area contributed by atoms with E-state index < -0.39 is 10.5 Å². The van der Waals surface area contributed by atoms with Crippen molar-refractivity contribution in [1.29, 1.82) is 0 Å². The lowest BCUT2D eigenvalue weighted by atomic mass is 9.84. The average Bonchev–Trinajstić information content (AvgIpc) is 1.78. The maximum atomic E-state index is 11.4. The maximum absolute atomic E-state index is 11.4. The van der Waals surface area contributed by atoms with E-state index in [1.54, 1.807) is 0 Å². The molecule has 0 bridgehead atoms. The predicted octanol–water partition coefficient (Wildman–Crippen LogP) is 2.49. The van der Waals surface area contributed by atoms with Crippen molar-refractivity contribution in [2.75, 3.05) is 0 Å². The second kappa shape index (κ2) is 2.91. The molecule has 0 heterocycles.